The van der Waals surface area contributed by atoms with Crippen molar-refractivity contribution in [3.8, 4) is 11.5 Å². The van der Waals surface area contributed by atoms with Gasteiger partial charge in [-0.15, -0.1) is 0 Å². The molecule has 0 saturated carbocycles. The molecule has 0 bridgehead atoms. The maximum absolute atomic E-state index is 13.1. The van der Waals surface area contributed by atoms with Gasteiger partial charge < -0.3 is 14.2 Å². The second-order valence-electron chi connectivity index (χ2n) is 6.69. The van der Waals surface area contributed by atoms with E-state index in [9.17, 15) is 31.2 Å². The molecule has 1 amide bonds. The van der Waals surface area contributed by atoms with Crippen LogP contribution in [0, 0.1) is 0 Å². The van der Waals surface area contributed by atoms with Gasteiger partial charge in [0.25, 0.3) is 5.91 Å². The lowest BCUT2D eigenvalue weighted by Crippen LogP contribution is -2.39. The van der Waals surface area contributed by atoms with E-state index < -0.39 is 51.1 Å². The molecule has 2 aromatic rings. The van der Waals surface area contributed by atoms with Crippen LogP contribution in [0.3, 0.4) is 0 Å². The van der Waals surface area contributed by atoms with Crippen LogP contribution in [0.2, 0.25) is 5.02 Å². The highest BCUT2D eigenvalue weighted by molar-refractivity contribution is 7.92. The van der Waals surface area contributed by atoms with E-state index in [1.807, 2.05) is 0 Å². The van der Waals surface area contributed by atoms with Gasteiger partial charge >= 0.3 is 12.3 Å². The summed E-state index contributed by atoms with van der Waals surface area (Å²) in [5, 5.41) is 3.07. The highest BCUT2D eigenvalue weighted by atomic mass is 35.5. The summed E-state index contributed by atoms with van der Waals surface area (Å²) in [6, 6.07) is 6.72. The van der Waals surface area contributed by atoms with Crippen LogP contribution >= 0.6 is 11.6 Å². The van der Waals surface area contributed by atoms with Gasteiger partial charge in [-0.3, -0.25) is 9.10 Å². The summed E-state index contributed by atoms with van der Waals surface area (Å²) in [5.41, 5.74) is 0.818. The molecular formula is C20H19ClF3N3O7S. The molecule has 0 atom stereocenters. The normalized spacial score (nSPS) is 11.7. The van der Waals surface area contributed by atoms with E-state index >= 15 is 0 Å². The number of ether oxygens (including phenoxy) is 3. The summed E-state index contributed by atoms with van der Waals surface area (Å²) in [7, 11) is -1.70. The van der Waals surface area contributed by atoms with E-state index in [1.54, 1.807) is 0 Å². The molecule has 0 aromatic heterocycles. The van der Waals surface area contributed by atoms with Gasteiger partial charge in [-0.05, 0) is 42.0 Å². The maximum atomic E-state index is 13.1. The molecule has 0 aliphatic rings. The average Bonchev–Trinajstić information content (AvgIpc) is 2.77. The number of carbonyl (C=O) groups is 2. The molecule has 1 N–H and O–H groups in total. The number of hydrazone groups is 1. The third kappa shape index (κ3) is 7.75. The van der Waals surface area contributed by atoms with Crippen molar-refractivity contribution in [3.63, 3.8) is 0 Å². The van der Waals surface area contributed by atoms with Crippen LogP contribution < -0.4 is 19.2 Å². The fourth-order valence-corrected chi connectivity index (χ4v) is 3.68. The number of nitrogens with zero attached hydrogens (tertiary/aromatic N) is 2. The van der Waals surface area contributed by atoms with Crippen molar-refractivity contribution in [1.82, 2.24) is 5.43 Å². The lowest BCUT2D eigenvalue weighted by molar-refractivity contribution is -0.137. The molecule has 0 fully saturated rings. The minimum Gasteiger partial charge on any atom is -0.493 e. The van der Waals surface area contributed by atoms with Crippen molar-refractivity contribution in [2.75, 3.05) is 31.3 Å². The Balaban J connectivity index is 2.17. The van der Waals surface area contributed by atoms with Gasteiger partial charge in [0.05, 0.1) is 43.0 Å². The second-order valence-corrected chi connectivity index (χ2v) is 9.01. The Hall–Kier alpha value is -3.52. The third-order valence-electron chi connectivity index (χ3n) is 4.18. The SMILES string of the molecule is COC(=O)Oc1ccc(/C=N\NC(=O)CN(c2ccc(Cl)c(C(F)(F)F)c2)S(C)(=O)=O)cc1OC. The van der Waals surface area contributed by atoms with Gasteiger partial charge in [-0.2, -0.15) is 18.3 Å². The Morgan fingerprint density at radius 3 is 2.40 bits per heavy atom. The molecule has 10 nitrogen and oxygen atoms in total. The first-order valence-electron chi connectivity index (χ1n) is 9.36. The molecule has 15 heteroatoms. The highest BCUT2D eigenvalue weighted by Crippen LogP contribution is 2.37. The van der Waals surface area contributed by atoms with Crippen molar-refractivity contribution in [1.29, 1.82) is 0 Å². The van der Waals surface area contributed by atoms with Gasteiger partial charge in [-0.1, -0.05) is 11.6 Å². The van der Waals surface area contributed by atoms with Gasteiger partial charge in [-0.25, -0.2) is 18.6 Å². The number of benzene rings is 2. The fraction of sp³-hybridized carbons (Fsp3) is 0.250. The molecule has 0 saturated heterocycles. The van der Waals surface area contributed by atoms with Crippen molar-refractivity contribution < 1.29 is 45.4 Å². The number of carbonyl (C=O) groups excluding carboxylic acids is 2. The summed E-state index contributed by atoms with van der Waals surface area (Å²) < 4.78 is 78.6. The summed E-state index contributed by atoms with van der Waals surface area (Å²) >= 11 is 5.57. The molecule has 2 aromatic carbocycles. The first-order valence-corrected chi connectivity index (χ1v) is 11.6. The first kappa shape index (κ1) is 27.7. The molecule has 0 spiro atoms. The number of alkyl halides is 3. The predicted molar refractivity (Wildman–Crippen MR) is 120 cm³/mol. The Morgan fingerprint density at radius 1 is 1.14 bits per heavy atom. The van der Waals surface area contributed by atoms with Crippen molar-refractivity contribution >= 4 is 45.6 Å². The van der Waals surface area contributed by atoms with Crippen molar-refractivity contribution in [2.45, 2.75) is 6.18 Å². The van der Waals surface area contributed by atoms with E-state index in [-0.39, 0.29) is 11.5 Å². The number of sulfonamides is 1. The lowest BCUT2D eigenvalue weighted by Gasteiger charge is -2.22. The molecule has 190 valence electrons. The van der Waals surface area contributed by atoms with Crippen LogP contribution in [0.4, 0.5) is 23.7 Å². The van der Waals surface area contributed by atoms with E-state index in [0.29, 0.717) is 15.9 Å². The van der Waals surface area contributed by atoms with Crippen LogP contribution in [-0.2, 0) is 25.7 Å². The summed E-state index contributed by atoms with van der Waals surface area (Å²) in [6.07, 6.45) is -3.89. The molecule has 0 radical (unpaired) electrons. The average molecular weight is 538 g/mol. The van der Waals surface area contributed by atoms with E-state index in [4.69, 9.17) is 21.1 Å². The maximum Gasteiger partial charge on any atom is 0.513 e. The van der Waals surface area contributed by atoms with Crippen molar-refractivity contribution in [2.24, 2.45) is 5.10 Å². The van der Waals surface area contributed by atoms with Gasteiger partial charge in [0.1, 0.15) is 6.54 Å². The van der Waals surface area contributed by atoms with E-state index in [2.05, 4.69) is 15.3 Å². The molecule has 2 rings (SSSR count). The lowest BCUT2D eigenvalue weighted by atomic mass is 10.2. The minimum absolute atomic E-state index is 0.0607. The Kier molecular flexibility index (Phi) is 8.93. The van der Waals surface area contributed by atoms with Gasteiger partial charge in [0, 0.05) is 0 Å². The van der Waals surface area contributed by atoms with Gasteiger partial charge in [0.15, 0.2) is 11.5 Å². The quantitative estimate of drug-likeness (QED) is 0.237. The van der Waals surface area contributed by atoms with Crippen LogP contribution in [0.15, 0.2) is 41.5 Å². The van der Waals surface area contributed by atoms with E-state index in [0.717, 1.165) is 25.5 Å². The first-order chi connectivity index (χ1) is 16.3. The molecule has 0 heterocycles. The van der Waals surface area contributed by atoms with Gasteiger partial charge in [0.2, 0.25) is 10.0 Å². The molecule has 0 aliphatic heterocycles. The standard InChI is InChI=1S/C20H19ClF3N3O7S/c1-32-17-8-12(4-7-16(17)34-19(29)33-2)10-25-26-18(28)11-27(35(3,30)31)13-5-6-15(21)14(9-13)20(22,23)24/h4-10H,11H2,1-3H3,(H,26,28)/b25-10-. The van der Waals surface area contributed by atoms with Crippen LogP contribution in [-0.4, -0.2) is 53.7 Å². The molecule has 35 heavy (non-hydrogen) atoms. The predicted octanol–water partition coefficient (Wildman–Crippen LogP) is 3.43. The third-order valence-corrected chi connectivity index (χ3v) is 5.65. The summed E-state index contributed by atoms with van der Waals surface area (Å²) in [6.45, 7) is -0.857. The van der Waals surface area contributed by atoms with Crippen LogP contribution in [0.25, 0.3) is 0 Å². The Bertz CT molecular complexity index is 1240. The second kappa shape index (κ2) is 11.3. The highest BCUT2D eigenvalue weighted by Gasteiger charge is 2.34. The molecule has 0 aliphatic carbocycles. The topological polar surface area (TPSA) is 124 Å². The number of methoxy groups -OCH3 is 2. The monoisotopic (exact) mass is 537 g/mol. The summed E-state index contributed by atoms with van der Waals surface area (Å²) in [5.74, 6) is -0.726. The number of hydrogen-bond donors (Lipinski definition) is 1. The Labute approximate surface area is 203 Å². The fourth-order valence-electron chi connectivity index (χ4n) is 2.61. The largest absolute Gasteiger partial charge is 0.513 e. The van der Waals surface area contributed by atoms with Crippen LogP contribution in [0.5, 0.6) is 11.5 Å². The zero-order valence-corrected chi connectivity index (χ0v) is 20.0. The number of amides is 1. The zero-order chi connectivity index (χ0) is 26.4. The number of anilines is 1. The molecule has 0 unspecified atom stereocenters. The van der Waals surface area contributed by atoms with E-state index in [1.165, 1.54) is 31.5 Å². The number of nitrogens with one attached hydrogen (secondary N) is 1. The minimum atomic E-state index is -4.83. The Morgan fingerprint density at radius 2 is 1.83 bits per heavy atom. The smallest absolute Gasteiger partial charge is 0.493 e. The molecular weight excluding hydrogens is 519 g/mol. The summed E-state index contributed by atoms with van der Waals surface area (Å²) in [4.78, 5) is 23.5. The number of hydrogen-bond acceptors (Lipinski definition) is 8. The number of rotatable bonds is 8. The van der Waals surface area contributed by atoms with Crippen LogP contribution in [0.1, 0.15) is 11.1 Å². The number of halogens is 4. The van der Waals surface area contributed by atoms with Crippen molar-refractivity contribution in [3.05, 3.63) is 52.5 Å². The zero-order valence-electron chi connectivity index (χ0n) is 18.4.